The van der Waals surface area contributed by atoms with Gasteiger partial charge in [0.2, 0.25) is 0 Å². The van der Waals surface area contributed by atoms with E-state index in [2.05, 4.69) is 91.6 Å². The van der Waals surface area contributed by atoms with E-state index >= 15 is 4.39 Å². The van der Waals surface area contributed by atoms with Crippen molar-refractivity contribution in [2.24, 2.45) is 0 Å². The van der Waals surface area contributed by atoms with Gasteiger partial charge in [0.15, 0.2) is 5.60 Å². The molecule has 1 atom stereocenters. The summed E-state index contributed by atoms with van der Waals surface area (Å²) in [5, 5.41) is 1.58. The van der Waals surface area contributed by atoms with Crippen molar-refractivity contribution in [1.29, 1.82) is 0 Å². The minimum absolute atomic E-state index is 0.269. The second kappa shape index (κ2) is 11.9. The first-order valence-corrected chi connectivity index (χ1v) is 17.9. The Hall–Kier alpha value is -4.91. The maximum Gasteiger partial charge on any atom is 0.178 e. The molecule has 0 aromatic heterocycles. The van der Waals surface area contributed by atoms with Crippen molar-refractivity contribution in [3.8, 4) is 16.9 Å². The number of hydrogen-bond donors (Lipinski definition) is 0. The minimum Gasteiger partial charge on any atom is -0.472 e. The normalized spacial score (nSPS) is 18.8. The van der Waals surface area contributed by atoms with Gasteiger partial charge in [0.1, 0.15) is 17.4 Å². The van der Waals surface area contributed by atoms with Crippen LogP contribution in [0.15, 0.2) is 131 Å². The zero-order chi connectivity index (χ0) is 34.0. The molecule has 0 radical (unpaired) electrons. The third kappa shape index (κ3) is 4.96. The van der Waals surface area contributed by atoms with Crippen molar-refractivity contribution in [2.75, 3.05) is 31.2 Å². The second-order valence-corrected chi connectivity index (χ2v) is 14.9. The average Bonchev–Trinajstić information content (AvgIpc) is 3.38. The van der Waals surface area contributed by atoms with Gasteiger partial charge in [-0.1, -0.05) is 86.3 Å². The number of fused-ring (bicyclic) bond motifs is 8. The number of anilines is 1. The molecule has 9 rings (SSSR count). The molecule has 0 spiro atoms. The third-order valence-corrected chi connectivity index (χ3v) is 11.5. The summed E-state index contributed by atoms with van der Waals surface area (Å²) in [6, 6.07) is 37.4. The lowest BCUT2D eigenvalue weighted by Crippen LogP contribution is -2.37. The number of halogens is 2. The number of hydrogen-bond acceptors (Lipinski definition) is 4. The summed E-state index contributed by atoms with van der Waals surface area (Å²) < 4.78 is 42.9. The molecule has 6 aromatic carbocycles. The van der Waals surface area contributed by atoms with E-state index in [4.69, 9.17) is 9.47 Å². The molecule has 3 aliphatic rings. The molecule has 6 aromatic rings. The summed E-state index contributed by atoms with van der Waals surface area (Å²) in [6.45, 7) is 7.38. The molecule has 3 nitrogen and oxygen atoms in total. The minimum atomic E-state index is -0.998. The van der Waals surface area contributed by atoms with E-state index in [1.54, 1.807) is 23.9 Å². The molecule has 6 heteroatoms. The lowest BCUT2D eigenvalue weighted by molar-refractivity contribution is 0.122. The predicted octanol–water partition coefficient (Wildman–Crippen LogP) is 10.8. The Morgan fingerprint density at radius 2 is 1.36 bits per heavy atom. The van der Waals surface area contributed by atoms with Crippen LogP contribution in [0.2, 0.25) is 0 Å². The molecule has 1 unspecified atom stereocenters. The number of benzene rings is 6. The van der Waals surface area contributed by atoms with Gasteiger partial charge in [0.05, 0.1) is 13.2 Å². The molecule has 0 amide bonds. The van der Waals surface area contributed by atoms with Crippen LogP contribution in [0.25, 0.3) is 28.0 Å². The van der Waals surface area contributed by atoms with Gasteiger partial charge in [0.25, 0.3) is 0 Å². The van der Waals surface area contributed by atoms with Crippen molar-refractivity contribution < 1.29 is 18.3 Å². The van der Waals surface area contributed by atoms with Crippen molar-refractivity contribution in [2.45, 2.75) is 34.7 Å². The number of nitrogens with zero attached hydrogens (tertiary/aromatic N) is 1. The molecule has 1 saturated heterocycles. The average molecular weight is 680 g/mol. The smallest absolute Gasteiger partial charge is 0.178 e. The third-order valence-electron chi connectivity index (χ3n) is 10.5. The first-order chi connectivity index (χ1) is 24.3. The van der Waals surface area contributed by atoms with E-state index in [0.717, 1.165) is 68.0 Å². The summed E-state index contributed by atoms with van der Waals surface area (Å²) in [6.07, 6.45) is 4.29. The quantitative estimate of drug-likeness (QED) is 0.181. The van der Waals surface area contributed by atoms with Crippen LogP contribution in [0.5, 0.6) is 5.75 Å². The molecule has 0 N–H and O–H groups in total. The Morgan fingerprint density at radius 1 is 0.700 bits per heavy atom. The monoisotopic (exact) mass is 679 g/mol. The summed E-state index contributed by atoms with van der Waals surface area (Å²) >= 11 is 1.71. The first kappa shape index (κ1) is 31.1. The zero-order valence-electron chi connectivity index (χ0n) is 27.9. The zero-order valence-corrected chi connectivity index (χ0v) is 28.7. The van der Waals surface area contributed by atoms with Crippen LogP contribution in [-0.4, -0.2) is 26.3 Å². The lowest BCUT2D eigenvalue weighted by atomic mass is 9.76. The van der Waals surface area contributed by atoms with Crippen molar-refractivity contribution in [3.05, 3.63) is 161 Å². The van der Waals surface area contributed by atoms with Crippen LogP contribution < -0.4 is 9.64 Å². The fourth-order valence-corrected chi connectivity index (χ4v) is 8.88. The van der Waals surface area contributed by atoms with Crippen molar-refractivity contribution in [3.63, 3.8) is 0 Å². The SMILES string of the molecule is CC1(C)c2cc(F)ccc2-c2c1c1c(c3cc(F)ccc23)OC(c2ccc(Sc3ccccc3)cc2)(c2ccc(N3CCOCC3)cc2)C=C1. The van der Waals surface area contributed by atoms with E-state index in [9.17, 15) is 4.39 Å². The highest BCUT2D eigenvalue weighted by Gasteiger charge is 2.44. The number of ether oxygens (including phenoxy) is 2. The fourth-order valence-electron chi connectivity index (χ4n) is 8.04. The van der Waals surface area contributed by atoms with Crippen LogP contribution in [0.4, 0.5) is 14.5 Å². The molecule has 50 heavy (non-hydrogen) atoms. The van der Waals surface area contributed by atoms with Crippen LogP contribution in [0, 0.1) is 11.6 Å². The van der Waals surface area contributed by atoms with E-state index in [-0.39, 0.29) is 11.6 Å². The highest BCUT2D eigenvalue weighted by Crippen LogP contribution is 2.58. The fraction of sp³-hybridized carbons (Fsp3) is 0.182. The van der Waals surface area contributed by atoms with Gasteiger partial charge in [-0.05, 0) is 94.4 Å². The van der Waals surface area contributed by atoms with Crippen LogP contribution in [-0.2, 0) is 15.8 Å². The van der Waals surface area contributed by atoms with Gasteiger partial charge in [-0.25, -0.2) is 8.78 Å². The molecule has 1 aliphatic carbocycles. The maximum atomic E-state index is 15.2. The summed E-state index contributed by atoms with van der Waals surface area (Å²) in [4.78, 5) is 4.63. The maximum absolute atomic E-state index is 15.2. The van der Waals surface area contributed by atoms with Crippen molar-refractivity contribution in [1.82, 2.24) is 0 Å². The molecule has 2 aliphatic heterocycles. The van der Waals surface area contributed by atoms with Gasteiger partial charge >= 0.3 is 0 Å². The first-order valence-electron chi connectivity index (χ1n) is 17.1. The Balaban J connectivity index is 1.23. The van der Waals surface area contributed by atoms with Gasteiger partial charge in [-0.3, -0.25) is 0 Å². The van der Waals surface area contributed by atoms with E-state index in [1.807, 2.05) is 30.3 Å². The summed E-state index contributed by atoms with van der Waals surface area (Å²) in [5.41, 5.74) is 6.43. The molecule has 2 heterocycles. The highest BCUT2D eigenvalue weighted by atomic mass is 32.2. The Morgan fingerprint density at radius 3 is 2.10 bits per heavy atom. The predicted molar refractivity (Wildman–Crippen MR) is 198 cm³/mol. The van der Waals surface area contributed by atoms with Gasteiger partial charge in [-0.15, -0.1) is 0 Å². The lowest BCUT2D eigenvalue weighted by Gasteiger charge is -2.39. The largest absolute Gasteiger partial charge is 0.472 e. The summed E-state index contributed by atoms with van der Waals surface area (Å²) in [5.74, 6) is 0.0216. The number of rotatable bonds is 5. The van der Waals surface area contributed by atoms with Gasteiger partial charge in [-0.2, -0.15) is 0 Å². The standard InChI is InChI=1S/C44H35F2NO2S/c1-43(2)39-27-31(46)13-19-36(39)40-35-18-12-30(45)26-38(35)42-37(41(40)43)20-21-44(49-42,28-8-14-32(15-9-28)47-22-24-48-25-23-47)29-10-16-34(17-11-29)50-33-6-4-3-5-7-33/h3-21,26-27H,22-25H2,1-2H3. The number of morpholine rings is 1. The topological polar surface area (TPSA) is 21.7 Å². The van der Waals surface area contributed by atoms with Crippen molar-refractivity contribution >= 4 is 34.3 Å². The Bertz CT molecular complexity index is 2300. The Kier molecular flexibility index (Phi) is 7.37. The van der Waals surface area contributed by atoms with E-state index in [1.165, 1.54) is 17.0 Å². The summed E-state index contributed by atoms with van der Waals surface area (Å²) in [7, 11) is 0. The molecular formula is C44H35F2NO2S. The van der Waals surface area contributed by atoms with Crippen LogP contribution in [0.1, 0.15) is 41.7 Å². The van der Waals surface area contributed by atoms with E-state index < -0.39 is 11.0 Å². The van der Waals surface area contributed by atoms with Gasteiger partial charge < -0.3 is 14.4 Å². The molecular weight excluding hydrogens is 645 g/mol. The molecule has 248 valence electrons. The molecule has 0 bridgehead atoms. The van der Waals surface area contributed by atoms with Crippen LogP contribution >= 0.6 is 11.8 Å². The Labute approximate surface area is 295 Å². The van der Waals surface area contributed by atoms with Crippen LogP contribution in [0.3, 0.4) is 0 Å². The molecule has 0 saturated carbocycles. The highest BCUT2D eigenvalue weighted by molar-refractivity contribution is 7.99. The van der Waals surface area contributed by atoms with E-state index in [0.29, 0.717) is 24.3 Å². The van der Waals surface area contributed by atoms with Gasteiger partial charge in [0, 0.05) is 56.1 Å². The second-order valence-electron chi connectivity index (χ2n) is 13.8. The molecule has 1 fully saturated rings.